The first-order valence-corrected chi connectivity index (χ1v) is 12.3. The van der Waals surface area contributed by atoms with Crippen LogP contribution >= 0.6 is 11.6 Å². The van der Waals surface area contributed by atoms with Crippen molar-refractivity contribution < 1.29 is 4.79 Å². The molecule has 0 saturated heterocycles. The van der Waals surface area contributed by atoms with Crippen molar-refractivity contribution in [3.05, 3.63) is 70.5 Å². The van der Waals surface area contributed by atoms with E-state index >= 15 is 0 Å². The number of halogens is 1. The maximum Gasteiger partial charge on any atom is 0.227 e. The summed E-state index contributed by atoms with van der Waals surface area (Å²) in [5.41, 5.74) is 6.47. The van der Waals surface area contributed by atoms with Crippen LogP contribution in [0, 0.1) is 11.3 Å². The summed E-state index contributed by atoms with van der Waals surface area (Å²) in [7, 11) is 1.63. The van der Waals surface area contributed by atoms with E-state index in [2.05, 4.69) is 41.6 Å². The van der Waals surface area contributed by atoms with Crippen LogP contribution in [0.1, 0.15) is 43.4 Å². The Bertz CT molecular complexity index is 1530. The molecule has 0 unspecified atom stereocenters. The van der Waals surface area contributed by atoms with Crippen LogP contribution in [-0.4, -0.2) is 27.5 Å². The van der Waals surface area contributed by atoms with E-state index in [1.807, 2.05) is 41.1 Å². The fourth-order valence-corrected chi connectivity index (χ4v) is 5.18. The van der Waals surface area contributed by atoms with Crippen molar-refractivity contribution in [2.24, 2.45) is 0 Å². The van der Waals surface area contributed by atoms with E-state index in [1.54, 1.807) is 13.2 Å². The molecule has 1 aliphatic carbocycles. The van der Waals surface area contributed by atoms with Crippen molar-refractivity contribution in [2.75, 3.05) is 12.4 Å². The summed E-state index contributed by atoms with van der Waals surface area (Å²) < 4.78 is 2.01. The normalized spacial score (nSPS) is 13.9. The molecule has 7 nitrogen and oxygen atoms in total. The maximum atomic E-state index is 11.7. The molecule has 2 N–H and O–H groups in total. The summed E-state index contributed by atoms with van der Waals surface area (Å²) >= 11 is 6.45. The summed E-state index contributed by atoms with van der Waals surface area (Å²) in [6, 6.07) is 14.1. The number of fused-ring (bicyclic) bond motifs is 2. The van der Waals surface area contributed by atoms with Gasteiger partial charge in [0.25, 0.3) is 0 Å². The maximum absolute atomic E-state index is 11.7. The van der Waals surface area contributed by atoms with E-state index in [4.69, 9.17) is 16.6 Å². The number of carbonyl (C=O) groups excluding carboxylic acids is 1. The minimum absolute atomic E-state index is 0.0167. The highest BCUT2D eigenvalue weighted by Crippen LogP contribution is 2.42. The quantitative estimate of drug-likeness (QED) is 0.354. The number of rotatable bonds is 6. The highest BCUT2D eigenvalue weighted by Gasteiger charge is 2.32. The summed E-state index contributed by atoms with van der Waals surface area (Å²) in [5.74, 6) is 0.421. The molecule has 0 atom stereocenters. The van der Waals surface area contributed by atoms with Gasteiger partial charge in [-0.05, 0) is 65.8 Å². The van der Waals surface area contributed by atoms with Gasteiger partial charge in [-0.25, -0.2) is 9.97 Å². The monoisotopic (exact) mass is 498 g/mol. The van der Waals surface area contributed by atoms with Crippen LogP contribution in [0.15, 0.2) is 48.8 Å². The summed E-state index contributed by atoms with van der Waals surface area (Å²) in [5, 5.41) is 17.3. The standard InChI is InChI=1S/C28H27ClN6O/c1-28(2)8-4-20-18(16-30)12-17(13-22(20)28)23-5-9-32-27(33-23)34-24-14-19(29)15-25-21(24)6-10-35(25)11-7-26(36)31-3/h5-6,9-10,12-15H,4,7-8,11H2,1-3H3,(H,31,36)(H,32,33,34). The minimum atomic E-state index is -0.0167. The second-order valence-electron chi connectivity index (χ2n) is 9.75. The van der Waals surface area contributed by atoms with Crippen LogP contribution in [0.25, 0.3) is 22.2 Å². The highest BCUT2D eigenvalue weighted by atomic mass is 35.5. The second-order valence-corrected chi connectivity index (χ2v) is 10.2. The lowest BCUT2D eigenvalue weighted by Gasteiger charge is -2.20. The number of aromatic nitrogens is 3. The molecule has 0 spiro atoms. The Morgan fingerprint density at radius 3 is 2.86 bits per heavy atom. The molecule has 2 aromatic carbocycles. The molecule has 0 fully saturated rings. The molecule has 0 radical (unpaired) electrons. The number of nitrogens with one attached hydrogen (secondary N) is 2. The summed E-state index contributed by atoms with van der Waals surface area (Å²) in [6.07, 6.45) is 6.00. The summed E-state index contributed by atoms with van der Waals surface area (Å²) in [6.45, 7) is 4.99. The van der Waals surface area contributed by atoms with Crippen LogP contribution in [0.5, 0.6) is 0 Å². The number of anilines is 2. The van der Waals surface area contributed by atoms with E-state index in [0.29, 0.717) is 23.9 Å². The predicted octanol–water partition coefficient (Wildman–Crippen LogP) is 5.73. The van der Waals surface area contributed by atoms with Crippen molar-refractivity contribution in [3.8, 4) is 17.3 Å². The molecule has 182 valence electrons. The van der Waals surface area contributed by atoms with E-state index in [-0.39, 0.29) is 11.3 Å². The average Bonchev–Trinajstić information content (AvgIpc) is 3.42. The van der Waals surface area contributed by atoms with Crippen molar-refractivity contribution in [2.45, 2.75) is 45.1 Å². The lowest BCUT2D eigenvalue weighted by atomic mass is 9.84. The molecule has 1 aliphatic rings. The zero-order valence-corrected chi connectivity index (χ0v) is 21.3. The van der Waals surface area contributed by atoms with Crippen LogP contribution in [0.2, 0.25) is 5.02 Å². The van der Waals surface area contributed by atoms with Crippen LogP contribution in [-0.2, 0) is 23.2 Å². The van der Waals surface area contributed by atoms with Gasteiger partial charge in [0.05, 0.1) is 28.5 Å². The molecule has 2 aromatic heterocycles. The molecule has 0 aliphatic heterocycles. The molecule has 0 bridgehead atoms. The third-order valence-electron chi connectivity index (χ3n) is 7.01. The number of hydrogen-bond acceptors (Lipinski definition) is 5. The van der Waals surface area contributed by atoms with Crippen molar-refractivity contribution >= 4 is 40.0 Å². The summed E-state index contributed by atoms with van der Waals surface area (Å²) in [4.78, 5) is 20.9. The Kier molecular flexibility index (Phi) is 6.15. The molecule has 4 aromatic rings. The van der Waals surface area contributed by atoms with Crippen LogP contribution < -0.4 is 10.6 Å². The molecule has 2 heterocycles. The Hall–Kier alpha value is -3.89. The lowest BCUT2D eigenvalue weighted by Crippen LogP contribution is -2.19. The molecular formula is C28H27ClN6O. The van der Waals surface area contributed by atoms with Crippen LogP contribution in [0.4, 0.5) is 11.6 Å². The number of carbonyl (C=O) groups is 1. The van der Waals surface area contributed by atoms with Crippen molar-refractivity contribution in [3.63, 3.8) is 0 Å². The van der Waals surface area contributed by atoms with E-state index in [1.165, 1.54) is 5.56 Å². The molecule has 0 saturated carbocycles. The third kappa shape index (κ3) is 4.40. The Morgan fingerprint density at radius 2 is 2.08 bits per heavy atom. The van der Waals surface area contributed by atoms with Crippen molar-refractivity contribution in [1.82, 2.24) is 19.9 Å². The van der Waals surface area contributed by atoms with Gasteiger partial charge in [-0.2, -0.15) is 5.26 Å². The number of nitriles is 1. The van der Waals surface area contributed by atoms with Gasteiger partial charge in [-0.15, -0.1) is 0 Å². The van der Waals surface area contributed by atoms with Gasteiger partial charge in [0.15, 0.2) is 0 Å². The van der Waals surface area contributed by atoms with E-state index in [9.17, 15) is 10.1 Å². The van der Waals surface area contributed by atoms with Crippen molar-refractivity contribution in [1.29, 1.82) is 5.26 Å². The fourth-order valence-electron chi connectivity index (χ4n) is 4.97. The molecule has 1 amide bonds. The first kappa shape index (κ1) is 23.8. The first-order valence-electron chi connectivity index (χ1n) is 12.0. The topological polar surface area (TPSA) is 95.6 Å². The van der Waals surface area contributed by atoms with Crippen LogP contribution in [0.3, 0.4) is 0 Å². The Morgan fingerprint density at radius 1 is 1.25 bits per heavy atom. The highest BCUT2D eigenvalue weighted by molar-refractivity contribution is 6.32. The smallest absolute Gasteiger partial charge is 0.227 e. The van der Waals surface area contributed by atoms with Gasteiger partial charge in [-0.1, -0.05) is 25.4 Å². The van der Waals surface area contributed by atoms with Gasteiger partial charge < -0.3 is 15.2 Å². The molecular weight excluding hydrogens is 472 g/mol. The van der Waals surface area contributed by atoms with Gasteiger partial charge >= 0.3 is 0 Å². The van der Waals surface area contributed by atoms with Gasteiger partial charge in [0.1, 0.15) is 0 Å². The zero-order valence-electron chi connectivity index (χ0n) is 20.5. The lowest BCUT2D eigenvalue weighted by molar-refractivity contribution is -0.120. The second kappa shape index (κ2) is 9.29. The van der Waals surface area contributed by atoms with E-state index < -0.39 is 0 Å². The predicted molar refractivity (Wildman–Crippen MR) is 142 cm³/mol. The van der Waals surface area contributed by atoms with Gasteiger partial charge in [0.2, 0.25) is 11.9 Å². The average molecular weight is 499 g/mol. The van der Waals surface area contributed by atoms with Gasteiger partial charge in [0, 0.05) is 48.4 Å². The largest absolute Gasteiger partial charge is 0.359 e. The fraction of sp³-hybridized carbons (Fsp3) is 0.286. The molecule has 8 heteroatoms. The zero-order chi connectivity index (χ0) is 25.4. The third-order valence-corrected chi connectivity index (χ3v) is 7.23. The minimum Gasteiger partial charge on any atom is -0.359 e. The van der Waals surface area contributed by atoms with Gasteiger partial charge in [-0.3, -0.25) is 4.79 Å². The number of hydrogen-bond donors (Lipinski definition) is 2. The van der Waals surface area contributed by atoms with E-state index in [0.717, 1.165) is 51.8 Å². The SMILES string of the molecule is CNC(=O)CCn1ccc2c(Nc3nccc(-c4cc(C#N)c5c(c4)C(C)(C)CC5)n3)cc(Cl)cc21. The Labute approximate surface area is 215 Å². The Balaban J connectivity index is 1.49. The number of nitrogens with zero attached hydrogens (tertiary/aromatic N) is 4. The molecule has 5 rings (SSSR count). The number of aryl methyl sites for hydroxylation is 1. The molecule has 36 heavy (non-hydrogen) atoms. The number of benzene rings is 2. The number of amides is 1. The first-order chi connectivity index (χ1) is 17.3.